The average Bonchev–Trinajstić information content (AvgIpc) is 2.93. The lowest BCUT2D eigenvalue weighted by atomic mass is 10.0. The summed E-state index contributed by atoms with van der Waals surface area (Å²) in [5.74, 6) is 0.0683. The molecule has 2 N–H and O–H groups in total. The van der Waals surface area contributed by atoms with Gasteiger partial charge in [0.25, 0.3) is 11.1 Å². The number of carbonyl (C=O) groups is 3. The van der Waals surface area contributed by atoms with Crippen molar-refractivity contribution in [1.29, 1.82) is 0 Å². The second kappa shape index (κ2) is 7.23. The number of hydrogen-bond acceptors (Lipinski definition) is 5. The number of benzene rings is 2. The van der Waals surface area contributed by atoms with Crippen molar-refractivity contribution in [2.45, 2.75) is 0 Å². The maximum absolute atomic E-state index is 11.6. The van der Waals surface area contributed by atoms with Crippen LogP contribution in [0.3, 0.4) is 0 Å². The van der Waals surface area contributed by atoms with Gasteiger partial charge in [0.2, 0.25) is 0 Å². The highest BCUT2D eigenvalue weighted by molar-refractivity contribution is 8.18. The van der Waals surface area contributed by atoms with Crippen molar-refractivity contribution in [2.75, 3.05) is 7.05 Å². The van der Waals surface area contributed by atoms with Crippen molar-refractivity contribution in [2.24, 2.45) is 0 Å². The van der Waals surface area contributed by atoms with Crippen LogP contribution in [0.1, 0.15) is 5.56 Å². The van der Waals surface area contributed by atoms with Crippen LogP contribution in [0.2, 0.25) is 0 Å². The summed E-state index contributed by atoms with van der Waals surface area (Å²) in [4.78, 5) is 34.4. The van der Waals surface area contributed by atoms with E-state index in [1.54, 1.807) is 24.3 Å². The van der Waals surface area contributed by atoms with Crippen LogP contribution in [0.4, 0.5) is 9.59 Å². The zero-order chi connectivity index (χ0) is 17.8. The first kappa shape index (κ1) is 16.8. The SMILES string of the molecule is CNC(=O)Oc1cccc(-c2ccc(C=C3SC(=O)NC3=O)cc2)c1. The van der Waals surface area contributed by atoms with Gasteiger partial charge < -0.3 is 10.1 Å². The molecule has 1 fully saturated rings. The Balaban J connectivity index is 1.80. The lowest BCUT2D eigenvalue weighted by Crippen LogP contribution is -2.21. The molecule has 6 nitrogen and oxygen atoms in total. The van der Waals surface area contributed by atoms with E-state index in [1.807, 2.05) is 30.3 Å². The van der Waals surface area contributed by atoms with Crippen LogP contribution in [-0.2, 0) is 4.79 Å². The molecule has 0 bridgehead atoms. The minimum Gasteiger partial charge on any atom is -0.410 e. The van der Waals surface area contributed by atoms with Crippen molar-refractivity contribution in [1.82, 2.24) is 10.6 Å². The summed E-state index contributed by atoms with van der Waals surface area (Å²) in [5, 5.41) is 4.26. The standard InChI is InChI=1S/C18H14N2O4S/c1-19-17(22)24-14-4-2-3-13(10-14)12-7-5-11(6-8-12)9-15-16(21)20-18(23)25-15/h2-10H,1H3,(H,19,22)(H,20,21,23). The molecule has 3 rings (SSSR count). The monoisotopic (exact) mass is 354 g/mol. The third-order valence-electron chi connectivity index (χ3n) is 3.43. The summed E-state index contributed by atoms with van der Waals surface area (Å²) in [6.07, 6.45) is 1.14. The Morgan fingerprint density at radius 3 is 2.52 bits per heavy atom. The van der Waals surface area contributed by atoms with Crippen LogP contribution in [-0.4, -0.2) is 24.3 Å². The number of thioether (sulfide) groups is 1. The molecule has 7 heteroatoms. The number of carbonyl (C=O) groups excluding carboxylic acids is 3. The predicted octanol–water partition coefficient (Wildman–Crippen LogP) is 3.40. The highest BCUT2D eigenvalue weighted by Crippen LogP contribution is 2.28. The van der Waals surface area contributed by atoms with E-state index in [2.05, 4.69) is 10.6 Å². The van der Waals surface area contributed by atoms with E-state index in [4.69, 9.17) is 4.74 Å². The topological polar surface area (TPSA) is 84.5 Å². The molecule has 0 radical (unpaired) electrons. The molecule has 1 saturated heterocycles. The van der Waals surface area contributed by atoms with Crippen LogP contribution in [0.25, 0.3) is 17.2 Å². The van der Waals surface area contributed by atoms with Crippen LogP contribution < -0.4 is 15.4 Å². The van der Waals surface area contributed by atoms with E-state index >= 15 is 0 Å². The summed E-state index contributed by atoms with van der Waals surface area (Å²) >= 11 is 0.886. The largest absolute Gasteiger partial charge is 0.412 e. The highest BCUT2D eigenvalue weighted by Gasteiger charge is 2.24. The minimum atomic E-state index is -0.527. The number of ether oxygens (including phenoxy) is 1. The first-order valence-electron chi connectivity index (χ1n) is 7.40. The van der Waals surface area contributed by atoms with Gasteiger partial charge in [-0.05, 0) is 46.7 Å². The molecule has 1 aliphatic heterocycles. The van der Waals surface area contributed by atoms with Crippen LogP contribution in [0.5, 0.6) is 5.75 Å². The second-order valence-corrected chi connectivity index (χ2v) is 6.16. The number of imide groups is 1. The molecule has 2 aromatic carbocycles. The van der Waals surface area contributed by atoms with Crippen molar-refractivity contribution < 1.29 is 19.1 Å². The first-order chi connectivity index (χ1) is 12.0. The fourth-order valence-electron chi connectivity index (χ4n) is 2.24. The fourth-order valence-corrected chi connectivity index (χ4v) is 2.92. The van der Waals surface area contributed by atoms with Crippen molar-refractivity contribution >= 4 is 35.1 Å². The van der Waals surface area contributed by atoms with Crippen LogP contribution in [0, 0.1) is 0 Å². The Kier molecular flexibility index (Phi) is 4.85. The van der Waals surface area contributed by atoms with Gasteiger partial charge in [-0.25, -0.2) is 4.79 Å². The number of rotatable bonds is 3. The molecular weight excluding hydrogens is 340 g/mol. The summed E-state index contributed by atoms with van der Waals surface area (Å²) in [7, 11) is 1.50. The Bertz CT molecular complexity index is 875. The summed E-state index contributed by atoms with van der Waals surface area (Å²) in [6, 6.07) is 14.7. The number of amides is 3. The van der Waals surface area contributed by atoms with Gasteiger partial charge in [0.05, 0.1) is 4.91 Å². The number of hydrogen-bond donors (Lipinski definition) is 2. The molecule has 0 saturated carbocycles. The van der Waals surface area contributed by atoms with E-state index < -0.39 is 6.09 Å². The van der Waals surface area contributed by atoms with Gasteiger partial charge in [-0.1, -0.05) is 36.4 Å². The van der Waals surface area contributed by atoms with Crippen LogP contribution in [0.15, 0.2) is 53.4 Å². The molecule has 0 spiro atoms. The summed E-state index contributed by atoms with van der Waals surface area (Å²) in [5.41, 5.74) is 2.64. The van der Waals surface area contributed by atoms with Gasteiger partial charge in [-0.2, -0.15) is 0 Å². The Labute approximate surface area is 148 Å². The zero-order valence-corrected chi connectivity index (χ0v) is 14.1. The molecular formula is C18H14N2O4S. The van der Waals surface area contributed by atoms with Gasteiger partial charge in [0, 0.05) is 7.05 Å². The van der Waals surface area contributed by atoms with Crippen molar-refractivity contribution in [3.63, 3.8) is 0 Å². The summed E-state index contributed by atoms with van der Waals surface area (Å²) < 4.78 is 5.12. The minimum absolute atomic E-state index is 0.360. The van der Waals surface area contributed by atoms with E-state index in [0.29, 0.717) is 10.7 Å². The van der Waals surface area contributed by atoms with Gasteiger partial charge in [0.1, 0.15) is 5.75 Å². The van der Waals surface area contributed by atoms with E-state index in [1.165, 1.54) is 7.05 Å². The molecule has 2 aromatic rings. The zero-order valence-electron chi connectivity index (χ0n) is 13.2. The third kappa shape index (κ3) is 4.07. The van der Waals surface area contributed by atoms with Crippen LogP contribution >= 0.6 is 11.8 Å². The van der Waals surface area contributed by atoms with Gasteiger partial charge >= 0.3 is 6.09 Å². The maximum Gasteiger partial charge on any atom is 0.412 e. The molecule has 1 aliphatic rings. The normalized spacial score (nSPS) is 15.2. The van der Waals surface area contributed by atoms with Gasteiger partial charge in [-0.15, -0.1) is 0 Å². The first-order valence-corrected chi connectivity index (χ1v) is 8.22. The van der Waals surface area contributed by atoms with E-state index in [-0.39, 0.29) is 11.1 Å². The molecule has 25 heavy (non-hydrogen) atoms. The Hall–Kier alpha value is -3.06. The van der Waals surface area contributed by atoms with Crippen molar-refractivity contribution in [3.05, 3.63) is 59.0 Å². The molecule has 0 aliphatic carbocycles. The Morgan fingerprint density at radius 2 is 1.88 bits per heavy atom. The van der Waals surface area contributed by atoms with Crippen molar-refractivity contribution in [3.8, 4) is 16.9 Å². The molecule has 0 atom stereocenters. The smallest absolute Gasteiger partial charge is 0.410 e. The highest BCUT2D eigenvalue weighted by atomic mass is 32.2. The Morgan fingerprint density at radius 1 is 1.12 bits per heavy atom. The molecule has 0 aromatic heterocycles. The lowest BCUT2D eigenvalue weighted by Gasteiger charge is -2.07. The van der Waals surface area contributed by atoms with E-state index in [9.17, 15) is 14.4 Å². The number of nitrogens with one attached hydrogen (secondary N) is 2. The summed E-state index contributed by atoms with van der Waals surface area (Å²) in [6.45, 7) is 0. The van der Waals surface area contributed by atoms with E-state index in [0.717, 1.165) is 28.5 Å². The molecule has 3 amide bonds. The lowest BCUT2D eigenvalue weighted by molar-refractivity contribution is -0.115. The molecule has 1 heterocycles. The maximum atomic E-state index is 11.6. The predicted molar refractivity (Wildman–Crippen MR) is 96.1 cm³/mol. The average molecular weight is 354 g/mol. The fraction of sp³-hybridized carbons (Fsp3) is 0.0556. The quantitative estimate of drug-likeness (QED) is 0.826. The van der Waals surface area contributed by atoms with Gasteiger partial charge in [0.15, 0.2) is 0 Å². The molecule has 0 unspecified atom stereocenters. The molecule has 126 valence electrons. The van der Waals surface area contributed by atoms with Gasteiger partial charge in [-0.3, -0.25) is 14.9 Å². The second-order valence-electron chi connectivity index (χ2n) is 5.14. The third-order valence-corrected chi connectivity index (χ3v) is 4.24.